The van der Waals surface area contributed by atoms with Crippen LogP contribution in [0.15, 0.2) is 48.5 Å². The van der Waals surface area contributed by atoms with Crippen molar-refractivity contribution < 1.29 is 18.7 Å². The fourth-order valence-electron chi connectivity index (χ4n) is 3.70. The summed E-state index contributed by atoms with van der Waals surface area (Å²) in [5.74, 6) is -0.110. The second-order valence-corrected chi connectivity index (χ2v) is 7.92. The van der Waals surface area contributed by atoms with Gasteiger partial charge in [0.1, 0.15) is 17.6 Å². The fourth-order valence-corrected chi connectivity index (χ4v) is 3.70. The Morgan fingerprint density at radius 2 is 1.68 bits per heavy atom. The van der Waals surface area contributed by atoms with Gasteiger partial charge in [0.05, 0.1) is 12.3 Å². The summed E-state index contributed by atoms with van der Waals surface area (Å²) in [7, 11) is 0. The van der Waals surface area contributed by atoms with Crippen molar-refractivity contribution in [1.29, 1.82) is 0 Å². The van der Waals surface area contributed by atoms with E-state index in [1.165, 1.54) is 24.3 Å². The SMILES string of the molecule is CCOc1ccccc1N1CCN(C(=O)C(NC(=O)c2ccc(F)cc2)C(C)C)CC1. The van der Waals surface area contributed by atoms with Crippen LogP contribution in [0.25, 0.3) is 0 Å². The number of para-hydroxylation sites is 2. The van der Waals surface area contributed by atoms with Gasteiger partial charge in [0.2, 0.25) is 5.91 Å². The van der Waals surface area contributed by atoms with Gasteiger partial charge in [-0.15, -0.1) is 0 Å². The molecule has 1 aliphatic rings. The lowest BCUT2D eigenvalue weighted by molar-refractivity contribution is -0.134. The highest BCUT2D eigenvalue weighted by Gasteiger charge is 2.31. The Morgan fingerprint density at radius 3 is 2.29 bits per heavy atom. The standard InChI is InChI=1S/C24H30FN3O3/c1-4-31-21-8-6-5-7-20(21)27-13-15-28(16-14-27)24(30)22(17(2)3)26-23(29)18-9-11-19(25)12-10-18/h5-12,17,22H,4,13-16H2,1-3H3,(H,26,29). The van der Waals surface area contributed by atoms with Crippen LogP contribution < -0.4 is 15.0 Å². The van der Waals surface area contributed by atoms with Crippen LogP contribution in [-0.4, -0.2) is 55.5 Å². The molecule has 1 unspecified atom stereocenters. The van der Waals surface area contributed by atoms with Crippen LogP contribution in [0.5, 0.6) is 5.75 Å². The van der Waals surface area contributed by atoms with Gasteiger partial charge in [-0.3, -0.25) is 9.59 Å². The second-order valence-electron chi connectivity index (χ2n) is 7.92. The van der Waals surface area contributed by atoms with E-state index in [1.54, 1.807) is 4.90 Å². The first-order valence-corrected chi connectivity index (χ1v) is 10.7. The molecule has 7 heteroatoms. The maximum Gasteiger partial charge on any atom is 0.251 e. The van der Waals surface area contributed by atoms with Gasteiger partial charge in [0, 0.05) is 31.7 Å². The number of anilines is 1. The van der Waals surface area contributed by atoms with E-state index >= 15 is 0 Å². The molecule has 0 aromatic heterocycles. The summed E-state index contributed by atoms with van der Waals surface area (Å²) in [4.78, 5) is 29.8. The van der Waals surface area contributed by atoms with Gasteiger partial charge >= 0.3 is 0 Å². The van der Waals surface area contributed by atoms with Crippen molar-refractivity contribution in [3.8, 4) is 5.75 Å². The van der Waals surface area contributed by atoms with Crippen LogP contribution in [0.3, 0.4) is 0 Å². The van der Waals surface area contributed by atoms with Crippen LogP contribution in [0.4, 0.5) is 10.1 Å². The molecule has 3 rings (SSSR count). The maximum atomic E-state index is 13.2. The average Bonchev–Trinajstić information content (AvgIpc) is 2.78. The van der Waals surface area contributed by atoms with Crippen LogP contribution >= 0.6 is 0 Å². The third-order valence-electron chi connectivity index (χ3n) is 5.42. The summed E-state index contributed by atoms with van der Waals surface area (Å²) in [5.41, 5.74) is 1.36. The molecule has 0 spiro atoms. The van der Waals surface area contributed by atoms with E-state index in [0.717, 1.165) is 11.4 Å². The summed E-state index contributed by atoms with van der Waals surface area (Å²) in [6, 6.07) is 12.6. The second kappa shape index (κ2) is 10.3. The number of ether oxygens (including phenoxy) is 1. The molecule has 166 valence electrons. The maximum absolute atomic E-state index is 13.2. The van der Waals surface area contributed by atoms with E-state index in [2.05, 4.69) is 10.2 Å². The predicted octanol–water partition coefficient (Wildman–Crippen LogP) is 3.33. The molecule has 6 nitrogen and oxygen atoms in total. The highest BCUT2D eigenvalue weighted by atomic mass is 19.1. The molecule has 2 aromatic rings. The Kier molecular flexibility index (Phi) is 7.50. The average molecular weight is 428 g/mol. The zero-order chi connectivity index (χ0) is 22.4. The third-order valence-corrected chi connectivity index (χ3v) is 5.42. The monoisotopic (exact) mass is 427 g/mol. The van der Waals surface area contributed by atoms with E-state index < -0.39 is 11.9 Å². The zero-order valence-electron chi connectivity index (χ0n) is 18.3. The van der Waals surface area contributed by atoms with Crippen molar-refractivity contribution >= 4 is 17.5 Å². The Morgan fingerprint density at radius 1 is 1.03 bits per heavy atom. The number of piperazine rings is 1. The Bertz CT molecular complexity index is 893. The topological polar surface area (TPSA) is 61.9 Å². The van der Waals surface area contributed by atoms with Crippen LogP contribution in [0.1, 0.15) is 31.1 Å². The first-order valence-electron chi connectivity index (χ1n) is 10.7. The first kappa shape index (κ1) is 22.6. The molecule has 1 atom stereocenters. The molecule has 0 bridgehead atoms. The molecule has 31 heavy (non-hydrogen) atoms. The number of carbonyl (C=O) groups excluding carboxylic acids is 2. The van der Waals surface area contributed by atoms with Gasteiger partial charge in [-0.2, -0.15) is 0 Å². The predicted molar refractivity (Wildman–Crippen MR) is 119 cm³/mol. The van der Waals surface area contributed by atoms with Crippen molar-refractivity contribution in [1.82, 2.24) is 10.2 Å². The molecule has 1 aliphatic heterocycles. The summed E-state index contributed by atoms with van der Waals surface area (Å²) < 4.78 is 18.9. The Labute approximate surface area is 183 Å². The lowest BCUT2D eigenvalue weighted by atomic mass is 10.0. The van der Waals surface area contributed by atoms with Crippen molar-refractivity contribution in [2.75, 3.05) is 37.7 Å². The van der Waals surface area contributed by atoms with Gasteiger partial charge in [-0.25, -0.2) is 4.39 Å². The lowest BCUT2D eigenvalue weighted by Gasteiger charge is -2.38. The summed E-state index contributed by atoms with van der Waals surface area (Å²) in [6.07, 6.45) is 0. The van der Waals surface area contributed by atoms with Crippen molar-refractivity contribution in [3.05, 3.63) is 59.9 Å². The molecular weight excluding hydrogens is 397 g/mol. The number of nitrogens with zero attached hydrogens (tertiary/aromatic N) is 2. The van der Waals surface area contributed by atoms with Crippen molar-refractivity contribution in [2.45, 2.75) is 26.8 Å². The van der Waals surface area contributed by atoms with E-state index in [0.29, 0.717) is 38.3 Å². The minimum atomic E-state index is -0.639. The zero-order valence-corrected chi connectivity index (χ0v) is 18.3. The molecule has 1 N–H and O–H groups in total. The highest BCUT2D eigenvalue weighted by Crippen LogP contribution is 2.29. The van der Waals surface area contributed by atoms with Crippen LogP contribution in [0.2, 0.25) is 0 Å². The molecule has 0 radical (unpaired) electrons. The number of nitrogens with one attached hydrogen (secondary N) is 1. The number of amides is 2. The number of hydrogen-bond acceptors (Lipinski definition) is 4. The summed E-state index contributed by atoms with van der Waals surface area (Å²) >= 11 is 0. The quantitative estimate of drug-likeness (QED) is 0.736. The first-order chi connectivity index (χ1) is 14.9. The largest absolute Gasteiger partial charge is 0.492 e. The minimum Gasteiger partial charge on any atom is -0.492 e. The number of benzene rings is 2. The van der Waals surface area contributed by atoms with E-state index in [4.69, 9.17) is 4.74 Å². The fraction of sp³-hybridized carbons (Fsp3) is 0.417. The van der Waals surface area contributed by atoms with Gasteiger partial charge in [0.25, 0.3) is 5.91 Å². The Balaban J connectivity index is 1.63. The van der Waals surface area contributed by atoms with E-state index in [-0.39, 0.29) is 17.7 Å². The number of halogens is 1. The van der Waals surface area contributed by atoms with Gasteiger partial charge in [-0.05, 0) is 49.2 Å². The van der Waals surface area contributed by atoms with E-state index in [9.17, 15) is 14.0 Å². The summed E-state index contributed by atoms with van der Waals surface area (Å²) in [6.45, 7) is 8.87. The molecule has 2 amide bonds. The molecule has 2 aromatic carbocycles. The molecule has 1 fully saturated rings. The number of carbonyl (C=O) groups is 2. The molecule has 0 saturated carbocycles. The Hall–Kier alpha value is -3.09. The minimum absolute atomic E-state index is 0.0754. The van der Waals surface area contributed by atoms with Crippen molar-refractivity contribution in [2.24, 2.45) is 5.92 Å². The molecule has 0 aliphatic carbocycles. The normalized spacial score (nSPS) is 15.0. The molecule has 1 saturated heterocycles. The lowest BCUT2D eigenvalue weighted by Crippen LogP contribution is -2.56. The molecular formula is C24H30FN3O3. The number of hydrogen-bond donors (Lipinski definition) is 1. The smallest absolute Gasteiger partial charge is 0.251 e. The number of rotatable bonds is 7. The van der Waals surface area contributed by atoms with Gasteiger partial charge < -0.3 is 19.9 Å². The molecule has 1 heterocycles. The third kappa shape index (κ3) is 5.54. The van der Waals surface area contributed by atoms with Crippen molar-refractivity contribution in [3.63, 3.8) is 0 Å². The van der Waals surface area contributed by atoms with Crippen LogP contribution in [0, 0.1) is 11.7 Å². The van der Waals surface area contributed by atoms with E-state index in [1.807, 2.05) is 45.0 Å². The summed E-state index contributed by atoms with van der Waals surface area (Å²) in [5, 5.41) is 2.83. The van der Waals surface area contributed by atoms with Crippen LogP contribution in [-0.2, 0) is 4.79 Å². The van der Waals surface area contributed by atoms with Gasteiger partial charge in [0.15, 0.2) is 0 Å². The highest BCUT2D eigenvalue weighted by molar-refractivity contribution is 5.97. The van der Waals surface area contributed by atoms with Gasteiger partial charge in [-0.1, -0.05) is 26.0 Å².